The molecule has 24 heavy (non-hydrogen) atoms. The van der Waals surface area contributed by atoms with E-state index in [2.05, 4.69) is 11.4 Å². The second kappa shape index (κ2) is 7.54. The van der Waals surface area contributed by atoms with Crippen LogP contribution in [0.1, 0.15) is 25.3 Å². The molecule has 0 heterocycles. The summed E-state index contributed by atoms with van der Waals surface area (Å²) in [5, 5.41) is 12.4. The van der Waals surface area contributed by atoms with Gasteiger partial charge in [-0.2, -0.15) is 5.26 Å². The zero-order valence-corrected chi connectivity index (χ0v) is 14.4. The van der Waals surface area contributed by atoms with E-state index in [1.165, 1.54) is 0 Å². The van der Waals surface area contributed by atoms with Crippen LogP contribution in [0, 0.1) is 24.2 Å². The van der Waals surface area contributed by atoms with E-state index in [0.29, 0.717) is 10.8 Å². The lowest BCUT2D eigenvalue weighted by atomic mass is 9.98. The van der Waals surface area contributed by atoms with Crippen LogP contribution in [0.5, 0.6) is 5.75 Å². The molecule has 6 nitrogen and oxygen atoms in total. The molecule has 0 bridgehead atoms. The van der Waals surface area contributed by atoms with Gasteiger partial charge >= 0.3 is 5.97 Å². The third-order valence-corrected chi connectivity index (χ3v) is 4.11. The maximum Gasteiger partial charge on any atom is 0.344 e. The Morgan fingerprint density at radius 1 is 1.42 bits per heavy atom. The maximum atomic E-state index is 11.8. The van der Waals surface area contributed by atoms with Gasteiger partial charge in [0.2, 0.25) is 0 Å². The highest BCUT2D eigenvalue weighted by Crippen LogP contribution is 2.39. The van der Waals surface area contributed by atoms with Crippen LogP contribution >= 0.6 is 11.6 Å². The fourth-order valence-electron chi connectivity index (χ4n) is 2.31. The number of benzene rings is 1. The minimum absolute atomic E-state index is 0.165. The number of aryl methyl sites for hydroxylation is 1. The monoisotopic (exact) mass is 350 g/mol. The van der Waals surface area contributed by atoms with Crippen molar-refractivity contribution in [3.63, 3.8) is 0 Å². The van der Waals surface area contributed by atoms with Crippen molar-refractivity contribution in [1.82, 2.24) is 5.32 Å². The van der Waals surface area contributed by atoms with Crippen molar-refractivity contribution < 1.29 is 19.1 Å². The number of hydrogen-bond acceptors (Lipinski definition) is 5. The summed E-state index contributed by atoms with van der Waals surface area (Å²) in [5.74, 6) is -0.475. The largest absolute Gasteiger partial charge is 0.482 e. The molecule has 0 aliphatic heterocycles. The summed E-state index contributed by atoms with van der Waals surface area (Å²) in [4.78, 5) is 23.5. The van der Waals surface area contributed by atoms with Crippen molar-refractivity contribution in [2.45, 2.75) is 32.2 Å². The molecular formula is C17H19ClN2O4. The lowest BCUT2D eigenvalue weighted by Gasteiger charge is -2.22. The average Bonchev–Trinajstić information content (AvgIpc) is 3.37. The van der Waals surface area contributed by atoms with Crippen molar-refractivity contribution in [3.8, 4) is 11.8 Å². The van der Waals surface area contributed by atoms with Crippen LogP contribution in [-0.2, 0) is 14.3 Å². The van der Waals surface area contributed by atoms with Crippen LogP contribution in [0.4, 0.5) is 0 Å². The molecule has 0 unspecified atom stereocenters. The van der Waals surface area contributed by atoms with Gasteiger partial charge in [-0.05, 0) is 56.4 Å². The topological polar surface area (TPSA) is 88.4 Å². The molecular weight excluding hydrogens is 332 g/mol. The molecule has 1 atom stereocenters. The van der Waals surface area contributed by atoms with Gasteiger partial charge < -0.3 is 14.8 Å². The van der Waals surface area contributed by atoms with Crippen LogP contribution in [0.3, 0.4) is 0 Å². The lowest BCUT2D eigenvalue weighted by molar-refractivity contribution is -0.150. The molecule has 1 fully saturated rings. The standard InChI is InChI=1S/C17H19ClN2O4/c1-11-7-13(18)5-6-14(11)23-9-16(22)24-8-15(21)20-17(2,10-19)12-3-4-12/h5-7,12H,3-4,8-9H2,1-2H3,(H,20,21)/t17-/m1/s1. The summed E-state index contributed by atoms with van der Waals surface area (Å²) in [6.45, 7) is 2.73. The molecule has 0 saturated heterocycles. The minimum atomic E-state index is -0.902. The number of carbonyl (C=O) groups is 2. The number of amides is 1. The highest BCUT2D eigenvalue weighted by atomic mass is 35.5. The number of esters is 1. The molecule has 1 amide bonds. The number of halogens is 1. The first kappa shape index (κ1) is 18.1. The second-order valence-electron chi connectivity index (χ2n) is 6.00. The van der Waals surface area contributed by atoms with E-state index in [0.717, 1.165) is 18.4 Å². The Kier molecular flexibility index (Phi) is 5.68. The SMILES string of the molecule is Cc1cc(Cl)ccc1OCC(=O)OCC(=O)N[C@](C)(C#N)C1CC1. The van der Waals surface area contributed by atoms with Crippen LogP contribution < -0.4 is 10.1 Å². The molecule has 1 N–H and O–H groups in total. The van der Waals surface area contributed by atoms with Crippen LogP contribution in [0.25, 0.3) is 0 Å². The smallest absolute Gasteiger partial charge is 0.344 e. The highest BCUT2D eigenvalue weighted by molar-refractivity contribution is 6.30. The van der Waals surface area contributed by atoms with Crippen LogP contribution in [0.15, 0.2) is 18.2 Å². The summed E-state index contributed by atoms with van der Waals surface area (Å²) in [6.07, 6.45) is 1.83. The van der Waals surface area contributed by atoms with Gasteiger partial charge in [0.05, 0.1) is 6.07 Å². The Morgan fingerprint density at radius 2 is 2.12 bits per heavy atom. The highest BCUT2D eigenvalue weighted by Gasteiger charge is 2.43. The molecule has 7 heteroatoms. The number of nitrogens with zero attached hydrogens (tertiary/aromatic N) is 1. The fraction of sp³-hybridized carbons (Fsp3) is 0.471. The van der Waals surface area contributed by atoms with Gasteiger partial charge in [0.15, 0.2) is 13.2 Å². The molecule has 1 saturated carbocycles. The normalized spacial score (nSPS) is 15.8. The quantitative estimate of drug-likeness (QED) is 0.763. The van der Waals surface area contributed by atoms with E-state index in [9.17, 15) is 14.9 Å². The third kappa shape index (κ3) is 4.87. The van der Waals surface area contributed by atoms with Gasteiger partial charge in [-0.3, -0.25) is 4.79 Å². The Labute approximate surface area is 145 Å². The first-order chi connectivity index (χ1) is 11.3. The van der Waals surface area contributed by atoms with Crippen molar-refractivity contribution in [2.24, 2.45) is 5.92 Å². The van der Waals surface area contributed by atoms with E-state index in [1.807, 2.05) is 0 Å². The van der Waals surface area contributed by atoms with Gasteiger partial charge in [0.1, 0.15) is 11.3 Å². The molecule has 0 aromatic heterocycles. The summed E-state index contributed by atoms with van der Waals surface area (Å²) in [6, 6.07) is 7.14. The minimum Gasteiger partial charge on any atom is -0.482 e. The summed E-state index contributed by atoms with van der Waals surface area (Å²) in [7, 11) is 0. The van der Waals surface area contributed by atoms with E-state index < -0.39 is 24.0 Å². The molecule has 128 valence electrons. The first-order valence-corrected chi connectivity index (χ1v) is 7.98. The zero-order valence-electron chi connectivity index (χ0n) is 13.6. The summed E-state index contributed by atoms with van der Waals surface area (Å²) < 4.78 is 10.2. The Balaban J connectivity index is 1.74. The third-order valence-electron chi connectivity index (χ3n) is 3.87. The van der Waals surface area contributed by atoms with Crippen molar-refractivity contribution in [2.75, 3.05) is 13.2 Å². The zero-order chi connectivity index (χ0) is 17.7. The Morgan fingerprint density at radius 3 is 2.71 bits per heavy atom. The second-order valence-corrected chi connectivity index (χ2v) is 6.43. The van der Waals surface area contributed by atoms with Crippen molar-refractivity contribution in [3.05, 3.63) is 28.8 Å². The Bertz CT molecular complexity index is 682. The van der Waals surface area contributed by atoms with Gasteiger partial charge in [-0.15, -0.1) is 0 Å². The van der Waals surface area contributed by atoms with E-state index in [4.69, 9.17) is 21.1 Å². The lowest BCUT2D eigenvalue weighted by Crippen LogP contribution is -2.48. The number of hydrogen-bond donors (Lipinski definition) is 1. The number of nitriles is 1. The molecule has 0 radical (unpaired) electrons. The van der Waals surface area contributed by atoms with Gasteiger partial charge in [0, 0.05) is 5.02 Å². The van der Waals surface area contributed by atoms with E-state index in [1.54, 1.807) is 32.0 Å². The van der Waals surface area contributed by atoms with Crippen molar-refractivity contribution >= 4 is 23.5 Å². The van der Waals surface area contributed by atoms with E-state index in [-0.39, 0.29) is 12.5 Å². The number of nitrogens with one attached hydrogen (secondary N) is 1. The molecule has 2 rings (SSSR count). The van der Waals surface area contributed by atoms with Gasteiger partial charge in [-0.25, -0.2) is 4.79 Å². The molecule has 1 aliphatic carbocycles. The summed E-state index contributed by atoms with van der Waals surface area (Å²) in [5.41, 5.74) is -0.109. The number of rotatable bonds is 7. The average molecular weight is 351 g/mol. The Hall–Kier alpha value is -2.26. The van der Waals surface area contributed by atoms with Crippen LogP contribution in [-0.4, -0.2) is 30.6 Å². The molecule has 1 aromatic rings. The molecule has 1 aliphatic rings. The predicted molar refractivity (Wildman–Crippen MR) is 87.5 cm³/mol. The van der Waals surface area contributed by atoms with Crippen LogP contribution in [0.2, 0.25) is 5.02 Å². The first-order valence-electron chi connectivity index (χ1n) is 7.61. The summed E-state index contributed by atoms with van der Waals surface area (Å²) >= 11 is 5.84. The number of carbonyl (C=O) groups excluding carboxylic acids is 2. The predicted octanol–water partition coefficient (Wildman–Crippen LogP) is 2.38. The molecule has 1 aromatic carbocycles. The number of ether oxygens (including phenoxy) is 2. The van der Waals surface area contributed by atoms with Gasteiger partial charge in [0.25, 0.3) is 5.91 Å². The van der Waals surface area contributed by atoms with E-state index >= 15 is 0 Å². The maximum absolute atomic E-state index is 11.8. The van der Waals surface area contributed by atoms with Crippen molar-refractivity contribution in [1.29, 1.82) is 5.26 Å². The van der Waals surface area contributed by atoms with Gasteiger partial charge in [-0.1, -0.05) is 11.6 Å². The molecule has 0 spiro atoms. The fourth-order valence-corrected chi connectivity index (χ4v) is 2.53.